The number of hydrogen-bond acceptors (Lipinski definition) is 4. The number of aromatic nitrogens is 2. The fourth-order valence-corrected chi connectivity index (χ4v) is 4.72. The van der Waals surface area contributed by atoms with E-state index in [1.165, 1.54) is 16.1 Å². The van der Waals surface area contributed by atoms with Crippen LogP contribution in [-0.4, -0.2) is 9.55 Å². The summed E-state index contributed by atoms with van der Waals surface area (Å²) in [6.45, 7) is 3.03. The largest absolute Gasteiger partial charge is 0.315 e. The molecule has 0 aliphatic carbocycles. The van der Waals surface area contributed by atoms with E-state index in [1.54, 1.807) is 22.7 Å². The summed E-state index contributed by atoms with van der Waals surface area (Å²) in [5.41, 5.74) is 4.67. The third kappa shape index (κ3) is 4.26. The summed E-state index contributed by atoms with van der Waals surface area (Å²) < 4.78 is 2.32. The molecule has 0 radical (unpaired) electrons. The average molecular weight is 392 g/mol. The van der Waals surface area contributed by atoms with Crippen molar-refractivity contribution in [1.82, 2.24) is 9.55 Å². The minimum Gasteiger partial charge on any atom is -0.315 e. The summed E-state index contributed by atoms with van der Waals surface area (Å²) in [5, 5.41) is 4.33. The van der Waals surface area contributed by atoms with Gasteiger partial charge >= 0.3 is 0 Å². The highest BCUT2D eigenvalue weighted by Crippen LogP contribution is 2.26. The van der Waals surface area contributed by atoms with Gasteiger partial charge in [-0.1, -0.05) is 31.2 Å². The number of hydrogen-bond donors (Lipinski definition) is 0. The maximum Gasteiger partial charge on any atom is 0.190 e. The van der Waals surface area contributed by atoms with E-state index in [0.29, 0.717) is 0 Å². The number of benzene rings is 1. The molecule has 3 nitrogen and oxygen atoms in total. The van der Waals surface area contributed by atoms with E-state index in [9.17, 15) is 0 Å². The van der Waals surface area contributed by atoms with Crippen LogP contribution < -0.4 is 4.80 Å². The molecule has 27 heavy (non-hydrogen) atoms. The van der Waals surface area contributed by atoms with Crippen molar-refractivity contribution in [2.24, 2.45) is 4.99 Å². The van der Waals surface area contributed by atoms with Crippen molar-refractivity contribution in [2.45, 2.75) is 26.3 Å². The Kier molecular flexibility index (Phi) is 5.61. The second-order valence-electron chi connectivity index (χ2n) is 6.24. The van der Waals surface area contributed by atoms with Crippen LogP contribution in [0.4, 0.5) is 5.69 Å². The molecule has 4 rings (SSSR count). The maximum atomic E-state index is 4.92. The van der Waals surface area contributed by atoms with E-state index in [2.05, 4.69) is 69.7 Å². The summed E-state index contributed by atoms with van der Waals surface area (Å²) in [6, 6.07) is 18.9. The summed E-state index contributed by atoms with van der Waals surface area (Å²) in [7, 11) is 0. The SMILES string of the molecule is CCc1ccc(N=c2scc(-c3cccs3)n2CCc2ccccn2)cc1. The van der Waals surface area contributed by atoms with E-state index >= 15 is 0 Å². The lowest BCUT2D eigenvalue weighted by Gasteiger charge is -2.08. The first kappa shape index (κ1) is 17.9. The Hall–Kier alpha value is -2.50. The third-order valence-corrected chi connectivity index (χ3v) is 6.21. The summed E-state index contributed by atoms with van der Waals surface area (Å²) in [5.74, 6) is 0. The highest BCUT2D eigenvalue weighted by Gasteiger charge is 2.09. The van der Waals surface area contributed by atoms with E-state index in [-0.39, 0.29) is 0 Å². The molecular weight excluding hydrogens is 370 g/mol. The van der Waals surface area contributed by atoms with E-state index in [4.69, 9.17) is 4.99 Å². The Labute approximate surface area is 167 Å². The Morgan fingerprint density at radius 3 is 2.59 bits per heavy atom. The Bertz CT molecular complexity index is 1040. The van der Waals surface area contributed by atoms with Gasteiger partial charge in [-0.05, 0) is 47.7 Å². The third-order valence-electron chi connectivity index (χ3n) is 4.46. The second-order valence-corrected chi connectivity index (χ2v) is 8.02. The van der Waals surface area contributed by atoms with Crippen molar-refractivity contribution < 1.29 is 0 Å². The van der Waals surface area contributed by atoms with Gasteiger partial charge in [-0.15, -0.1) is 22.7 Å². The van der Waals surface area contributed by atoms with Gasteiger partial charge < -0.3 is 4.57 Å². The summed E-state index contributed by atoms with van der Waals surface area (Å²) in [6.07, 6.45) is 3.79. The van der Waals surface area contributed by atoms with Crippen LogP contribution in [0.3, 0.4) is 0 Å². The highest BCUT2D eigenvalue weighted by atomic mass is 32.1. The van der Waals surface area contributed by atoms with Crippen LogP contribution in [0.5, 0.6) is 0 Å². The molecule has 0 aliphatic heterocycles. The monoisotopic (exact) mass is 391 g/mol. The van der Waals surface area contributed by atoms with Crippen LogP contribution >= 0.6 is 22.7 Å². The van der Waals surface area contributed by atoms with Crippen LogP contribution in [0.25, 0.3) is 10.6 Å². The van der Waals surface area contributed by atoms with Crippen LogP contribution in [-0.2, 0) is 19.4 Å². The summed E-state index contributed by atoms with van der Waals surface area (Å²) in [4.78, 5) is 11.7. The number of thiazole rings is 1. The molecule has 136 valence electrons. The zero-order valence-corrected chi connectivity index (χ0v) is 16.8. The molecule has 0 unspecified atom stereocenters. The molecule has 0 saturated heterocycles. The normalized spacial score (nSPS) is 11.8. The lowest BCUT2D eigenvalue weighted by Crippen LogP contribution is -2.17. The zero-order chi connectivity index (χ0) is 18.5. The van der Waals surface area contributed by atoms with Crippen molar-refractivity contribution in [3.63, 3.8) is 0 Å². The molecule has 0 aliphatic rings. The predicted molar refractivity (Wildman–Crippen MR) is 115 cm³/mol. The maximum absolute atomic E-state index is 4.92. The summed E-state index contributed by atoms with van der Waals surface area (Å²) >= 11 is 3.46. The lowest BCUT2D eigenvalue weighted by molar-refractivity contribution is 0.675. The van der Waals surface area contributed by atoms with Gasteiger partial charge in [0, 0.05) is 30.2 Å². The molecule has 1 aromatic carbocycles. The molecule has 0 saturated carbocycles. The molecule has 0 fully saturated rings. The Morgan fingerprint density at radius 2 is 1.89 bits per heavy atom. The number of aryl methyl sites for hydroxylation is 2. The van der Waals surface area contributed by atoms with Gasteiger partial charge in [-0.2, -0.15) is 0 Å². The minimum absolute atomic E-state index is 0.861. The number of pyridine rings is 1. The van der Waals surface area contributed by atoms with Gasteiger partial charge in [-0.3, -0.25) is 4.98 Å². The van der Waals surface area contributed by atoms with Crippen molar-refractivity contribution >= 4 is 28.4 Å². The smallest absolute Gasteiger partial charge is 0.190 e. The first-order valence-electron chi connectivity index (χ1n) is 9.09. The van der Waals surface area contributed by atoms with Crippen LogP contribution in [0, 0.1) is 0 Å². The zero-order valence-electron chi connectivity index (χ0n) is 15.2. The van der Waals surface area contributed by atoms with Crippen molar-refractivity contribution in [3.8, 4) is 10.6 Å². The lowest BCUT2D eigenvalue weighted by atomic mass is 10.2. The predicted octanol–water partition coefficient (Wildman–Crippen LogP) is 5.71. The molecule has 0 N–H and O–H groups in total. The molecule has 3 heterocycles. The van der Waals surface area contributed by atoms with Gasteiger partial charge in [0.05, 0.1) is 16.3 Å². The molecular formula is C22H21N3S2. The minimum atomic E-state index is 0.861. The van der Waals surface area contributed by atoms with E-state index < -0.39 is 0 Å². The molecule has 3 aromatic heterocycles. The first-order chi connectivity index (χ1) is 13.3. The van der Waals surface area contributed by atoms with Crippen LogP contribution in [0.15, 0.2) is 76.5 Å². The van der Waals surface area contributed by atoms with Gasteiger partial charge in [0.15, 0.2) is 4.80 Å². The molecule has 4 aromatic rings. The fraction of sp³-hybridized carbons (Fsp3) is 0.182. The van der Waals surface area contributed by atoms with Gasteiger partial charge in [0.25, 0.3) is 0 Å². The number of thiophene rings is 1. The molecule has 0 atom stereocenters. The standard InChI is InChI=1S/C22H21N3S2/c1-2-17-8-10-19(11-9-17)24-22-25(14-12-18-6-3-4-13-23-18)20(16-27-22)21-7-5-15-26-21/h3-11,13,15-16H,2,12,14H2,1H3. The van der Waals surface area contributed by atoms with E-state index in [0.717, 1.165) is 35.6 Å². The van der Waals surface area contributed by atoms with Gasteiger partial charge in [-0.25, -0.2) is 4.99 Å². The van der Waals surface area contributed by atoms with E-state index in [1.807, 2.05) is 18.3 Å². The Morgan fingerprint density at radius 1 is 1.00 bits per heavy atom. The number of nitrogens with zero attached hydrogens (tertiary/aromatic N) is 3. The molecule has 5 heteroatoms. The molecule has 0 bridgehead atoms. The first-order valence-corrected chi connectivity index (χ1v) is 10.8. The number of rotatable bonds is 6. The average Bonchev–Trinajstić information content (AvgIpc) is 3.38. The Balaban J connectivity index is 1.71. The topological polar surface area (TPSA) is 30.2 Å². The van der Waals surface area contributed by atoms with Crippen LogP contribution in [0.2, 0.25) is 0 Å². The van der Waals surface area contributed by atoms with Crippen molar-refractivity contribution in [2.75, 3.05) is 0 Å². The van der Waals surface area contributed by atoms with Crippen molar-refractivity contribution in [3.05, 3.63) is 87.6 Å². The highest BCUT2D eigenvalue weighted by molar-refractivity contribution is 7.14. The van der Waals surface area contributed by atoms with Crippen molar-refractivity contribution in [1.29, 1.82) is 0 Å². The second kappa shape index (κ2) is 8.46. The fourth-order valence-electron chi connectivity index (χ4n) is 2.95. The molecule has 0 spiro atoms. The molecule has 0 amide bonds. The quantitative estimate of drug-likeness (QED) is 0.414. The van der Waals surface area contributed by atoms with Gasteiger partial charge in [0.1, 0.15) is 0 Å². The van der Waals surface area contributed by atoms with Gasteiger partial charge in [0.2, 0.25) is 0 Å². The van der Waals surface area contributed by atoms with Crippen LogP contribution in [0.1, 0.15) is 18.2 Å².